The monoisotopic (exact) mass is 479 g/mol. The van der Waals surface area contributed by atoms with Crippen molar-refractivity contribution in [2.24, 2.45) is 13.0 Å². The number of aryl methyl sites for hydroxylation is 1. The van der Waals surface area contributed by atoms with Gasteiger partial charge in [0, 0.05) is 30.8 Å². The van der Waals surface area contributed by atoms with E-state index >= 15 is 0 Å². The number of ether oxygens (including phenoxy) is 1. The molecule has 1 atom stereocenters. The zero-order valence-corrected chi connectivity index (χ0v) is 20.1. The third-order valence-corrected chi connectivity index (χ3v) is 6.56. The van der Waals surface area contributed by atoms with Crippen molar-refractivity contribution >= 4 is 34.4 Å². The lowest BCUT2D eigenvalue weighted by Crippen LogP contribution is -2.40. The molecule has 0 saturated carbocycles. The van der Waals surface area contributed by atoms with Crippen molar-refractivity contribution in [2.45, 2.75) is 26.9 Å². The highest BCUT2D eigenvalue weighted by Crippen LogP contribution is 2.33. The molecule has 1 aliphatic rings. The molecule has 0 aliphatic carbocycles. The van der Waals surface area contributed by atoms with Crippen LogP contribution in [0, 0.1) is 5.92 Å². The van der Waals surface area contributed by atoms with Gasteiger partial charge < -0.3 is 14.2 Å². The molecule has 0 amide bonds. The maximum atomic E-state index is 13.6. The molecule has 176 valence electrons. The van der Waals surface area contributed by atoms with Gasteiger partial charge >= 0.3 is 5.69 Å². The normalized spacial score (nSPS) is 15.5. The number of nitrogens with zero attached hydrogens (tertiary/aromatic N) is 5. The van der Waals surface area contributed by atoms with Gasteiger partial charge in [-0.15, -0.1) is 0 Å². The van der Waals surface area contributed by atoms with Crippen LogP contribution in [-0.2, 0) is 20.1 Å². The number of imidazole rings is 1. The standard InChI is InChI=1S/C25H26ClN5O3/c1-4-34-19-11-9-18(10-12-19)29-13-16(2)14-30-21-22(27-24(29)30)28(3)25(33)31(23(21)32)15-17-7-5-6-8-20(17)26/h5-12,16H,4,13-15H2,1-3H3/t16-/m1/s1. The Hall–Kier alpha value is -3.52. The summed E-state index contributed by atoms with van der Waals surface area (Å²) in [6.07, 6.45) is 0. The second kappa shape index (κ2) is 8.68. The first-order chi connectivity index (χ1) is 16.4. The highest BCUT2D eigenvalue weighted by Gasteiger charge is 2.30. The zero-order valence-electron chi connectivity index (χ0n) is 19.4. The highest BCUT2D eigenvalue weighted by molar-refractivity contribution is 6.31. The molecule has 0 spiro atoms. The van der Waals surface area contributed by atoms with E-state index in [4.69, 9.17) is 21.3 Å². The van der Waals surface area contributed by atoms with Crippen LogP contribution in [0.2, 0.25) is 5.02 Å². The van der Waals surface area contributed by atoms with E-state index in [9.17, 15) is 9.59 Å². The van der Waals surface area contributed by atoms with E-state index < -0.39 is 5.69 Å². The maximum Gasteiger partial charge on any atom is 0.332 e. The van der Waals surface area contributed by atoms with Crippen molar-refractivity contribution in [2.75, 3.05) is 18.1 Å². The molecule has 0 radical (unpaired) electrons. The first-order valence-electron chi connectivity index (χ1n) is 11.3. The number of halogens is 1. The molecular weight excluding hydrogens is 454 g/mol. The Morgan fingerprint density at radius 3 is 2.53 bits per heavy atom. The molecule has 2 aromatic carbocycles. The van der Waals surface area contributed by atoms with Crippen LogP contribution in [0.3, 0.4) is 0 Å². The van der Waals surface area contributed by atoms with Gasteiger partial charge in [-0.25, -0.2) is 4.79 Å². The van der Waals surface area contributed by atoms with Crippen LogP contribution < -0.4 is 20.9 Å². The summed E-state index contributed by atoms with van der Waals surface area (Å²) in [5.41, 5.74) is 1.68. The lowest BCUT2D eigenvalue weighted by molar-refractivity contribution is 0.340. The summed E-state index contributed by atoms with van der Waals surface area (Å²) in [6, 6.07) is 15.1. The fourth-order valence-electron chi connectivity index (χ4n) is 4.55. The molecule has 5 rings (SSSR count). The van der Waals surface area contributed by atoms with Gasteiger partial charge in [0.2, 0.25) is 5.95 Å². The van der Waals surface area contributed by atoms with Crippen molar-refractivity contribution in [3.63, 3.8) is 0 Å². The van der Waals surface area contributed by atoms with Gasteiger partial charge in [0.15, 0.2) is 11.2 Å². The Bertz CT molecular complexity index is 1490. The van der Waals surface area contributed by atoms with E-state index in [1.807, 2.05) is 54.0 Å². The number of rotatable bonds is 5. The summed E-state index contributed by atoms with van der Waals surface area (Å²) in [5, 5.41) is 0.516. The summed E-state index contributed by atoms with van der Waals surface area (Å²) in [5.74, 6) is 1.72. The number of fused-ring (bicyclic) bond motifs is 3. The average Bonchev–Trinajstić information content (AvgIpc) is 3.21. The molecular formula is C25H26ClN5O3. The summed E-state index contributed by atoms with van der Waals surface area (Å²) in [7, 11) is 1.65. The summed E-state index contributed by atoms with van der Waals surface area (Å²) in [4.78, 5) is 33.6. The number of anilines is 2. The fraction of sp³-hybridized carbons (Fsp3) is 0.320. The zero-order chi connectivity index (χ0) is 24.0. The second-order valence-corrected chi connectivity index (χ2v) is 9.07. The first kappa shape index (κ1) is 22.3. The molecule has 2 aromatic heterocycles. The molecule has 34 heavy (non-hydrogen) atoms. The van der Waals surface area contributed by atoms with E-state index in [1.54, 1.807) is 13.1 Å². The Kier molecular flexibility index (Phi) is 5.69. The van der Waals surface area contributed by atoms with Gasteiger partial charge in [-0.1, -0.05) is 36.7 Å². The lowest BCUT2D eigenvalue weighted by atomic mass is 10.1. The minimum Gasteiger partial charge on any atom is -0.494 e. The van der Waals surface area contributed by atoms with Crippen molar-refractivity contribution < 1.29 is 4.74 Å². The number of hydrogen-bond donors (Lipinski definition) is 0. The first-order valence-corrected chi connectivity index (χ1v) is 11.7. The van der Waals surface area contributed by atoms with E-state index in [0.717, 1.165) is 18.0 Å². The minimum atomic E-state index is -0.423. The van der Waals surface area contributed by atoms with Gasteiger partial charge in [0.05, 0.1) is 13.2 Å². The van der Waals surface area contributed by atoms with Gasteiger partial charge in [-0.05, 0) is 48.7 Å². The van der Waals surface area contributed by atoms with Gasteiger partial charge in [-0.3, -0.25) is 13.9 Å². The third-order valence-electron chi connectivity index (χ3n) is 6.19. The van der Waals surface area contributed by atoms with Crippen molar-refractivity contribution in [1.82, 2.24) is 18.7 Å². The topological polar surface area (TPSA) is 74.3 Å². The van der Waals surface area contributed by atoms with E-state index in [0.29, 0.717) is 40.8 Å². The van der Waals surface area contributed by atoms with E-state index in [2.05, 4.69) is 11.8 Å². The van der Waals surface area contributed by atoms with Gasteiger partial charge in [-0.2, -0.15) is 4.98 Å². The van der Waals surface area contributed by atoms with Gasteiger partial charge in [0.25, 0.3) is 5.56 Å². The number of hydrogen-bond acceptors (Lipinski definition) is 5. The van der Waals surface area contributed by atoms with Crippen LogP contribution in [0.4, 0.5) is 11.6 Å². The van der Waals surface area contributed by atoms with Gasteiger partial charge in [0.1, 0.15) is 5.75 Å². The lowest BCUT2D eigenvalue weighted by Gasteiger charge is -2.33. The molecule has 0 N–H and O–H groups in total. The molecule has 8 nitrogen and oxygen atoms in total. The molecule has 4 aromatic rings. The van der Waals surface area contributed by atoms with Crippen LogP contribution in [-0.4, -0.2) is 31.8 Å². The Morgan fingerprint density at radius 1 is 1.09 bits per heavy atom. The smallest absolute Gasteiger partial charge is 0.332 e. The second-order valence-electron chi connectivity index (χ2n) is 8.66. The summed E-state index contributed by atoms with van der Waals surface area (Å²) in [6.45, 7) is 6.17. The van der Waals surface area contributed by atoms with E-state index in [-0.39, 0.29) is 18.0 Å². The number of aromatic nitrogens is 4. The largest absolute Gasteiger partial charge is 0.494 e. The molecule has 0 saturated heterocycles. The molecule has 1 aliphatic heterocycles. The van der Waals surface area contributed by atoms with Crippen molar-refractivity contribution in [3.8, 4) is 5.75 Å². The molecule has 0 fully saturated rings. The molecule has 3 heterocycles. The molecule has 0 unspecified atom stereocenters. The molecule has 9 heteroatoms. The quantitative estimate of drug-likeness (QED) is 0.435. The predicted octanol–water partition coefficient (Wildman–Crippen LogP) is 3.78. The van der Waals surface area contributed by atoms with Crippen molar-refractivity contribution in [3.05, 3.63) is 80.0 Å². The van der Waals surface area contributed by atoms with Crippen LogP contribution >= 0.6 is 11.6 Å². The summed E-state index contributed by atoms with van der Waals surface area (Å²) < 4.78 is 10.2. The maximum absolute atomic E-state index is 13.6. The van der Waals surface area contributed by atoms with Crippen LogP contribution in [0.25, 0.3) is 11.2 Å². The Balaban J connectivity index is 1.67. The Morgan fingerprint density at radius 2 is 1.82 bits per heavy atom. The minimum absolute atomic E-state index is 0.0970. The summed E-state index contributed by atoms with van der Waals surface area (Å²) >= 11 is 6.31. The average molecular weight is 480 g/mol. The highest BCUT2D eigenvalue weighted by atomic mass is 35.5. The number of benzene rings is 2. The molecule has 0 bridgehead atoms. The third kappa shape index (κ3) is 3.68. The predicted molar refractivity (Wildman–Crippen MR) is 134 cm³/mol. The van der Waals surface area contributed by atoms with Crippen LogP contribution in [0.15, 0.2) is 58.1 Å². The fourth-order valence-corrected chi connectivity index (χ4v) is 4.74. The van der Waals surface area contributed by atoms with Crippen LogP contribution in [0.1, 0.15) is 19.4 Å². The SMILES string of the molecule is CCOc1ccc(N2C[C@@H](C)Cn3c2nc2c3c(=O)n(Cc3ccccc3Cl)c(=O)n2C)cc1. The van der Waals surface area contributed by atoms with Crippen molar-refractivity contribution in [1.29, 1.82) is 0 Å². The van der Waals surface area contributed by atoms with Crippen LogP contribution in [0.5, 0.6) is 5.75 Å². The van der Waals surface area contributed by atoms with E-state index in [1.165, 1.54) is 9.13 Å². The Labute approximate surface area is 201 Å².